The molecule has 17 heavy (non-hydrogen) atoms. The Labute approximate surface area is 107 Å². The van der Waals surface area contributed by atoms with Gasteiger partial charge in [0.05, 0.1) is 0 Å². The van der Waals surface area contributed by atoms with Crippen LogP contribution >= 0.6 is 0 Å². The summed E-state index contributed by atoms with van der Waals surface area (Å²) in [6.07, 6.45) is 6.68. The lowest BCUT2D eigenvalue weighted by molar-refractivity contribution is -0.126. The van der Waals surface area contributed by atoms with Gasteiger partial charge >= 0.3 is 0 Å². The van der Waals surface area contributed by atoms with Gasteiger partial charge in [0.1, 0.15) is 5.78 Å². The molecule has 2 atom stereocenters. The summed E-state index contributed by atoms with van der Waals surface area (Å²) in [5.74, 6) is 1.60. The molecule has 1 saturated carbocycles. The van der Waals surface area contributed by atoms with Crippen LogP contribution in [0.3, 0.4) is 0 Å². The Morgan fingerprint density at radius 2 is 1.94 bits per heavy atom. The van der Waals surface area contributed by atoms with E-state index in [-0.39, 0.29) is 0 Å². The second-order valence-corrected chi connectivity index (χ2v) is 5.62. The number of rotatable bonds is 6. The molecule has 2 heteroatoms. The summed E-state index contributed by atoms with van der Waals surface area (Å²) < 4.78 is 0. The molecule has 0 aliphatic heterocycles. The average molecular weight is 239 g/mol. The minimum atomic E-state index is 0.305. The van der Waals surface area contributed by atoms with Crippen LogP contribution in [0, 0.1) is 11.8 Å². The largest absolute Gasteiger partial charge is 0.303 e. The Morgan fingerprint density at radius 1 is 1.29 bits per heavy atom. The number of hydrogen-bond donors (Lipinski definition) is 0. The van der Waals surface area contributed by atoms with Crippen molar-refractivity contribution in [3.8, 4) is 0 Å². The van der Waals surface area contributed by atoms with Crippen molar-refractivity contribution in [1.82, 2.24) is 4.90 Å². The summed E-state index contributed by atoms with van der Waals surface area (Å²) in [5.41, 5.74) is 0. The first kappa shape index (κ1) is 14.7. The number of Topliss-reactive ketones (excluding diaryl/α,β-unsaturated/α-hetero) is 1. The first-order valence-corrected chi connectivity index (χ1v) is 7.35. The highest BCUT2D eigenvalue weighted by molar-refractivity contribution is 5.81. The van der Waals surface area contributed by atoms with Crippen molar-refractivity contribution in [2.45, 2.75) is 65.3 Å². The van der Waals surface area contributed by atoms with Crippen molar-refractivity contribution in [2.24, 2.45) is 11.8 Å². The van der Waals surface area contributed by atoms with Gasteiger partial charge < -0.3 is 4.90 Å². The van der Waals surface area contributed by atoms with Crippen molar-refractivity contribution < 1.29 is 4.79 Å². The quantitative estimate of drug-likeness (QED) is 0.707. The Kier molecular flexibility index (Phi) is 6.18. The van der Waals surface area contributed by atoms with E-state index in [1.165, 1.54) is 19.3 Å². The molecule has 0 aromatic rings. The highest BCUT2D eigenvalue weighted by Crippen LogP contribution is 2.29. The van der Waals surface area contributed by atoms with Crippen LogP contribution in [-0.2, 0) is 4.79 Å². The lowest BCUT2D eigenvalue weighted by Crippen LogP contribution is -2.39. The van der Waals surface area contributed by atoms with Crippen LogP contribution < -0.4 is 0 Å². The van der Waals surface area contributed by atoms with E-state index >= 15 is 0 Å². The Morgan fingerprint density at radius 3 is 2.47 bits per heavy atom. The molecule has 2 unspecified atom stereocenters. The second-order valence-electron chi connectivity index (χ2n) is 5.62. The van der Waals surface area contributed by atoms with Gasteiger partial charge in [0, 0.05) is 24.9 Å². The first-order chi connectivity index (χ1) is 8.12. The van der Waals surface area contributed by atoms with Crippen LogP contribution in [0.5, 0.6) is 0 Å². The Bertz CT molecular complexity index is 235. The molecule has 0 spiro atoms. The van der Waals surface area contributed by atoms with Crippen molar-refractivity contribution in [3.05, 3.63) is 0 Å². The molecule has 1 aliphatic rings. The van der Waals surface area contributed by atoms with Gasteiger partial charge in [-0.15, -0.1) is 0 Å². The van der Waals surface area contributed by atoms with Crippen molar-refractivity contribution in [1.29, 1.82) is 0 Å². The zero-order valence-corrected chi connectivity index (χ0v) is 12.0. The fraction of sp³-hybridized carbons (Fsp3) is 0.933. The highest BCUT2D eigenvalue weighted by Gasteiger charge is 2.29. The maximum absolute atomic E-state index is 12.0. The molecule has 1 aliphatic carbocycles. The van der Waals surface area contributed by atoms with E-state index in [0.29, 0.717) is 17.7 Å². The third kappa shape index (κ3) is 4.09. The monoisotopic (exact) mass is 239 g/mol. The van der Waals surface area contributed by atoms with Crippen LogP contribution in [0.4, 0.5) is 0 Å². The van der Waals surface area contributed by atoms with E-state index < -0.39 is 0 Å². The predicted molar refractivity (Wildman–Crippen MR) is 73.1 cm³/mol. The Hall–Kier alpha value is -0.370. The van der Waals surface area contributed by atoms with Gasteiger partial charge in [-0.05, 0) is 38.6 Å². The van der Waals surface area contributed by atoms with Crippen LogP contribution in [0.25, 0.3) is 0 Å². The first-order valence-electron chi connectivity index (χ1n) is 7.35. The lowest BCUT2D eigenvalue weighted by atomic mass is 9.79. The molecule has 0 radical (unpaired) electrons. The highest BCUT2D eigenvalue weighted by atomic mass is 16.1. The Balaban J connectivity index is 2.50. The van der Waals surface area contributed by atoms with Gasteiger partial charge in [-0.1, -0.05) is 27.2 Å². The van der Waals surface area contributed by atoms with Crippen molar-refractivity contribution in [3.63, 3.8) is 0 Å². The minimum Gasteiger partial charge on any atom is -0.303 e. The predicted octanol–water partition coefficient (Wildman–Crippen LogP) is 3.50. The average Bonchev–Trinajstić information content (AvgIpc) is 2.33. The summed E-state index contributed by atoms with van der Waals surface area (Å²) >= 11 is 0. The third-order valence-corrected chi connectivity index (χ3v) is 4.52. The summed E-state index contributed by atoms with van der Waals surface area (Å²) in [7, 11) is 2.18. The van der Waals surface area contributed by atoms with Crippen LogP contribution in [0.1, 0.15) is 59.3 Å². The maximum atomic E-state index is 12.0. The van der Waals surface area contributed by atoms with Crippen LogP contribution in [0.2, 0.25) is 0 Å². The fourth-order valence-corrected chi connectivity index (χ4v) is 3.16. The molecule has 0 amide bonds. The standard InChI is InChI=1S/C15H29NO/c1-5-12-8-9-15(17)13(10-12)11-16(4)14(6-2)7-3/h12-14H,5-11H2,1-4H3. The minimum absolute atomic E-state index is 0.305. The second kappa shape index (κ2) is 7.15. The van der Waals surface area contributed by atoms with E-state index in [0.717, 1.165) is 31.7 Å². The van der Waals surface area contributed by atoms with Crippen molar-refractivity contribution >= 4 is 5.78 Å². The number of hydrogen-bond acceptors (Lipinski definition) is 2. The molecule has 0 bridgehead atoms. The van der Waals surface area contributed by atoms with Gasteiger partial charge in [0.15, 0.2) is 0 Å². The zero-order valence-electron chi connectivity index (χ0n) is 12.0. The van der Waals surface area contributed by atoms with E-state index in [1.807, 2.05) is 0 Å². The van der Waals surface area contributed by atoms with Gasteiger partial charge in [0.2, 0.25) is 0 Å². The van der Waals surface area contributed by atoms with Gasteiger partial charge in [-0.2, -0.15) is 0 Å². The zero-order chi connectivity index (χ0) is 12.8. The molecule has 2 nitrogen and oxygen atoms in total. The summed E-state index contributed by atoms with van der Waals surface area (Å²) in [4.78, 5) is 14.4. The molecular formula is C15H29NO. The van der Waals surface area contributed by atoms with E-state index in [2.05, 4.69) is 32.7 Å². The molecule has 1 fully saturated rings. The number of ketones is 1. The van der Waals surface area contributed by atoms with E-state index in [1.54, 1.807) is 0 Å². The lowest BCUT2D eigenvalue weighted by Gasteiger charge is -2.33. The summed E-state index contributed by atoms with van der Waals surface area (Å²) in [5, 5.41) is 0. The van der Waals surface area contributed by atoms with Gasteiger partial charge in [-0.25, -0.2) is 0 Å². The molecule has 0 saturated heterocycles. The fourth-order valence-electron chi connectivity index (χ4n) is 3.16. The molecule has 0 aromatic carbocycles. The normalized spacial score (nSPS) is 25.9. The number of carbonyl (C=O) groups is 1. The number of carbonyl (C=O) groups excluding carboxylic acids is 1. The molecule has 1 rings (SSSR count). The van der Waals surface area contributed by atoms with E-state index in [4.69, 9.17) is 0 Å². The maximum Gasteiger partial charge on any atom is 0.137 e. The topological polar surface area (TPSA) is 20.3 Å². The third-order valence-electron chi connectivity index (χ3n) is 4.52. The molecule has 100 valence electrons. The smallest absolute Gasteiger partial charge is 0.137 e. The summed E-state index contributed by atoms with van der Waals surface area (Å²) in [6, 6.07) is 0.643. The van der Waals surface area contributed by atoms with Crippen LogP contribution in [0.15, 0.2) is 0 Å². The molecule has 0 heterocycles. The van der Waals surface area contributed by atoms with Crippen LogP contribution in [-0.4, -0.2) is 30.3 Å². The molecule has 0 aromatic heterocycles. The van der Waals surface area contributed by atoms with Gasteiger partial charge in [-0.3, -0.25) is 4.79 Å². The van der Waals surface area contributed by atoms with E-state index in [9.17, 15) is 4.79 Å². The molecular weight excluding hydrogens is 210 g/mol. The number of nitrogens with zero attached hydrogens (tertiary/aromatic N) is 1. The molecule has 0 N–H and O–H groups in total. The SMILES string of the molecule is CCC1CCC(=O)C(CN(C)C(CC)CC)C1. The van der Waals surface area contributed by atoms with Crippen molar-refractivity contribution in [2.75, 3.05) is 13.6 Å². The summed E-state index contributed by atoms with van der Waals surface area (Å²) in [6.45, 7) is 7.70. The van der Waals surface area contributed by atoms with Gasteiger partial charge in [0.25, 0.3) is 0 Å².